The van der Waals surface area contributed by atoms with Gasteiger partial charge in [-0.25, -0.2) is 0 Å². The molecule has 3 nitrogen and oxygen atoms in total. The molecule has 0 aliphatic heterocycles. The number of fused-ring (bicyclic) bond motifs is 1. The van der Waals surface area contributed by atoms with Crippen molar-refractivity contribution in [1.82, 2.24) is 5.16 Å². The Kier molecular flexibility index (Phi) is 2.11. The van der Waals surface area contributed by atoms with E-state index in [2.05, 4.69) is 36.3 Å². The number of aromatic amines is 1. The quantitative estimate of drug-likeness (QED) is 0.691. The Hall–Kier alpha value is -2.29. The van der Waals surface area contributed by atoms with Gasteiger partial charge in [-0.05, 0) is 30.2 Å². The highest BCUT2D eigenvalue weighted by Crippen LogP contribution is 2.23. The Bertz CT molecular complexity index is 720. The molecule has 0 atom stereocenters. The van der Waals surface area contributed by atoms with E-state index in [4.69, 9.17) is 4.52 Å². The monoisotopic (exact) mass is 225 g/mol. The van der Waals surface area contributed by atoms with Gasteiger partial charge in [-0.2, -0.15) is 5.16 Å². The second-order valence-corrected chi connectivity index (χ2v) is 4.11. The first kappa shape index (κ1) is 9.90. The molecule has 0 radical (unpaired) electrons. The van der Waals surface area contributed by atoms with Crippen LogP contribution >= 0.6 is 0 Å². The molecular weight excluding hydrogens is 214 g/mol. The number of nitrogens with one attached hydrogen (secondary N) is 1. The first-order valence-electron chi connectivity index (χ1n) is 5.42. The van der Waals surface area contributed by atoms with E-state index < -0.39 is 0 Å². The lowest BCUT2D eigenvalue weighted by molar-refractivity contribution is 0.449. The molecule has 0 aliphatic carbocycles. The van der Waals surface area contributed by atoms with Gasteiger partial charge in [-0.1, -0.05) is 35.9 Å². The van der Waals surface area contributed by atoms with Crippen LogP contribution in [0.3, 0.4) is 0 Å². The summed E-state index contributed by atoms with van der Waals surface area (Å²) in [6.45, 7) is 2.05. The third-order valence-corrected chi connectivity index (χ3v) is 2.86. The molecule has 0 saturated carbocycles. The Morgan fingerprint density at radius 1 is 1.00 bits per heavy atom. The second-order valence-electron chi connectivity index (χ2n) is 4.11. The van der Waals surface area contributed by atoms with E-state index in [0.29, 0.717) is 11.0 Å². The van der Waals surface area contributed by atoms with Crippen molar-refractivity contribution in [3.05, 3.63) is 58.4 Å². The molecule has 1 N–H and O–H groups in total. The average molecular weight is 225 g/mol. The minimum atomic E-state index is -0.185. The molecule has 0 saturated heterocycles. The topological polar surface area (TPSA) is 46.0 Å². The number of benzene rings is 2. The van der Waals surface area contributed by atoms with Crippen molar-refractivity contribution >= 4 is 11.0 Å². The molecule has 1 heterocycles. The maximum Gasteiger partial charge on any atom is 0.287 e. The lowest BCUT2D eigenvalue weighted by Crippen LogP contribution is -1.95. The molecule has 3 rings (SSSR count). The largest absolute Gasteiger partial charge is 0.378 e. The lowest BCUT2D eigenvalue weighted by atomic mass is 10.0. The zero-order chi connectivity index (χ0) is 11.8. The van der Waals surface area contributed by atoms with E-state index in [0.717, 1.165) is 11.1 Å². The first-order chi connectivity index (χ1) is 8.24. The van der Waals surface area contributed by atoms with Crippen molar-refractivity contribution in [2.24, 2.45) is 0 Å². The van der Waals surface area contributed by atoms with Gasteiger partial charge in [-0.3, -0.25) is 4.79 Å². The summed E-state index contributed by atoms with van der Waals surface area (Å²) < 4.78 is 5.10. The predicted octanol–water partition coefficient (Wildman–Crippen LogP) is 3.10. The summed E-state index contributed by atoms with van der Waals surface area (Å²) in [5.74, 6) is 0. The standard InChI is InChI=1S/C14H11NO2/c1-9-2-4-10(5-3-9)11-6-7-12-13(8-11)17-15-14(12)16/h2-8H,1H3,(H,15,16). The minimum Gasteiger partial charge on any atom is -0.378 e. The molecule has 0 aliphatic rings. The molecule has 3 heteroatoms. The molecule has 2 aromatic carbocycles. The third kappa shape index (κ3) is 1.65. The fourth-order valence-corrected chi connectivity index (χ4v) is 1.88. The summed E-state index contributed by atoms with van der Waals surface area (Å²) in [6.07, 6.45) is 0. The van der Waals surface area contributed by atoms with Crippen LogP contribution in [0.15, 0.2) is 51.8 Å². The number of rotatable bonds is 1. The van der Waals surface area contributed by atoms with E-state index in [1.807, 2.05) is 12.1 Å². The average Bonchev–Trinajstić information content (AvgIpc) is 2.72. The zero-order valence-electron chi connectivity index (χ0n) is 9.36. The van der Waals surface area contributed by atoms with Crippen molar-refractivity contribution < 1.29 is 4.52 Å². The Labute approximate surface area is 97.7 Å². The highest BCUT2D eigenvalue weighted by atomic mass is 16.5. The van der Waals surface area contributed by atoms with Gasteiger partial charge in [0.25, 0.3) is 5.56 Å². The van der Waals surface area contributed by atoms with E-state index in [-0.39, 0.29) is 5.56 Å². The van der Waals surface area contributed by atoms with Gasteiger partial charge in [0.1, 0.15) is 0 Å². The predicted molar refractivity (Wildman–Crippen MR) is 67.0 cm³/mol. The fraction of sp³-hybridized carbons (Fsp3) is 0.0714. The number of hydrogen-bond donors (Lipinski definition) is 1. The highest BCUT2D eigenvalue weighted by molar-refractivity contribution is 5.82. The number of aromatic nitrogens is 1. The van der Waals surface area contributed by atoms with Gasteiger partial charge < -0.3 is 4.52 Å². The lowest BCUT2D eigenvalue weighted by Gasteiger charge is -2.01. The maximum absolute atomic E-state index is 11.3. The Morgan fingerprint density at radius 2 is 1.71 bits per heavy atom. The summed E-state index contributed by atoms with van der Waals surface area (Å²) in [5.41, 5.74) is 3.79. The van der Waals surface area contributed by atoms with Gasteiger partial charge >= 0.3 is 0 Å². The summed E-state index contributed by atoms with van der Waals surface area (Å²) in [5, 5.41) is 2.92. The number of hydrogen-bond acceptors (Lipinski definition) is 2. The summed E-state index contributed by atoms with van der Waals surface area (Å²) in [4.78, 5) is 11.3. The molecule has 0 unspecified atom stereocenters. The molecule has 3 aromatic rings. The summed E-state index contributed by atoms with van der Waals surface area (Å²) >= 11 is 0. The van der Waals surface area contributed by atoms with Gasteiger partial charge in [0.05, 0.1) is 5.39 Å². The van der Waals surface area contributed by atoms with E-state index in [9.17, 15) is 4.79 Å². The SMILES string of the molecule is Cc1ccc(-c2ccc3c(=O)[nH]oc3c2)cc1. The van der Waals surface area contributed by atoms with Crippen LogP contribution in [0.5, 0.6) is 0 Å². The second kappa shape index (κ2) is 3.63. The van der Waals surface area contributed by atoms with E-state index >= 15 is 0 Å². The van der Waals surface area contributed by atoms with E-state index in [1.54, 1.807) is 6.07 Å². The molecule has 84 valence electrons. The van der Waals surface area contributed by atoms with Crippen molar-refractivity contribution in [1.29, 1.82) is 0 Å². The van der Waals surface area contributed by atoms with Crippen molar-refractivity contribution in [3.8, 4) is 11.1 Å². The van der Waals surface area contributed by atoms with Crippen LogP contribution in [0, 0.1) is 6.92 Å². The van der Waals surface area contributed by atoms with Crippen LogP contribution in [0.25, 0.3) is 22.1 Å². The van der Waals surface area contributed by atoms with Crippen LogP contribution in [-0.4, -0.2) is 5.16 Å². The normalized spacial score (nSPS) is 10.9. The van der Waals surface area contributed by atoms with Gasteiger partial charge in [-0.15, -0.1) is 0 Å². The van der Waals surface area contributed by atoms with Crippen LogP contribution in [-0.2, 0) is 0 Å². The minimum absolute atomic E-state index is 0.185. The Morgan fingerprint density at radius 3 is 2.47 bits per heavy atom. The molecular formula is C14H11NO2. The molecule has 0 spiro atoms. The smallest absolute Gasteiger partial charge is 0.287 e. The molecule has 17 heavy (non-hydrogen) atoms. The van der Waals surface area contributed by atoms with Gasteiger partial charge in [0.2, 0.25) is 0 Å². The van der Waals surface area contributed by atoms with Crippen LogP contribution in [0.4, 0.5) is 0 Å². The highest BCUT2D eigenvalue weighted by Gasteiger charge is 2.05. The van der Waals surface area contributed by atoms with Gasteiger partial charge in [0.15, 0.2) is 5.58 Å². The van der Waals surface area contributed by atoms with Crippen LogP contribution < -0.4 is 5.56 Å². The third-order valence-electron chi connectivity index (χ3n) is 2.86. The summed E-state index contributed by atoms with van der Waals surface area (Å²) in [7, 11) is 0. The summed E-state index contributed by atoms with van der Waals surface area (Å²) in [6, 6.07) is 13.8. The molecule has 0 amide bonds. The number of H-pyrrole nitrogens is 1. The molecule has 1 aromatic heterocycles. The van der Waals surface area contributed by atoms with Crippen molar-refractivity contribution in [2.75, 3.05) is 0 Å². The van der Waals surface area contributed by atoms with Crippen molar-refractivity contribution in [2.45, 2.75) is 6.92 Å². The number of aryl methyl sites for hydroxylation is 1. The zero-order valence-corrected chi connectivity index (χ0v) is 9.36. The van der Waals surface area contributed by atoms with E-state index in [1.165, 1.54) is 5.56 Å². The maximum atomic E-state index is 11.3. The fourth-order valence-electron chi connectivity index (χ4n) is 1.88. The molecule has 0 fully saturated rings. The van der Waals surface area contributed by atoms with Crippen LogP contribution in [0.2, 0.25) is 0 Å². The molecule has 0 bridgehead atoms. The van der Waals surface area contributed by atoms with Gasteiger partial charge in [0, 0.05) is 0 Å². The van der Waals surface area contributed by atoms with Crippen LogP contribution in [0.1, 0.15) is 5.56 Å². The first-order valence-corrected chi connectivity index (χ1v) is 5.42. The van der Waals surface area contributed by atoms with Crippen molar-refractivity contribution in [3.63, 3.8) is 0 Å². The Balaban J connectivity index is 2.17.